The molecular weight excluding hydrogens is 306 g/mol. The van der Waals surface area contributed by atoms with E-state index in [1.54, 1.807) is 24.2 Å². The lowest BCUT2D eigenvalue weighted by molar-refractivity contribution is 0.593. The molecule has 23 heavy (non-hydrogen) atoms. The quantitative estimate of drug-likeness (QED) is 0.753. The van der Waals surface area contributed by atoms with E-state index in [-0.39, 0.29) is 0 Å². The summed E-state index contributed by atoms with van der Waals surface area (Å²) in [5.74, 6) is 1.76. The Morgan fingerprint density at radius 2 is 1.74 bits per heavy atom. The molecule has 2 aromatic heterocycles. The topological polar surface area (TPSA) is 90.7 Å². The van der Waals surface area contributed by atoms with Crippen LogP contribution in [0.2, 0.25) is 0 Å². The zero-order chi connectivity index (χ0) is 15.9. The maximum absolute atomic E-state index is 6.73. The third-order valence-corrected chi connectivity index (χ3v) is 5.28. The highest BCUT2D eigenvalue weighted by molar-refractivity contribution is 7.99. The second-order valence-electron chi connectivity index (χ2n) is 5.47. The fraction of sp³-hybridized carbons (Fsp3) is 0.118. The van der Waals surface area contributed by atoms with Crippen molar-refractivity contribution in [1.82, 2.24) is 15.0 Å². The van der Waals surface area contributed by atoms with E-state index in [0.29, 0.717) is 17.4 Å². The fourth-order valence-electron chi connectivity index (χ4n) is 2.75. The Hall–Kier alpha value is -2.44. The molecule has 0 bridgehead atoms. The molecule has 4 N–H and O–H groups in total. The maximum Gasteiger partial charge on any atom is 0.162 e. The zero-order valence-corrected chi connectivity index (χ0v) is 13.1. The number of nitrogens with zero attached hydrogens (tertiary/aromatic N) is 3. The van der Waals surface area contributed by atoms with Crippen molar-refractivity contribution in [1.29, 1.82) is 0 Å². The van der Waals surface area contributed by atoms with E-state index in [1.165, 1.54) is 0 Å². The number of hydrogen-bond acceptors (Lipinski definition) is 6. The van der Waals surface area contributed by atoms with Crippen LogP contribution < -0.4 is 11.5 Å². The van der Waals surface area contributed by atoms with Gasteiger partial charge >= 0.3 is 0 Å². The van der Waals surface area contributed by atoms with Crippen molar-refractivity contribution in [2.24, 2.45) is 5.73 Å². The second kappa shape index (κ2) is 5.33. The van der Waals surface area contributed by atoms with Crippen molar-refractivity contribution >= 4 is 17.6 Å². The van der Waals surface area contributed by atoms with Crippen LogP contribution in [0.15, 0.2) is 59.8 Å². The van der Waals surface area contributed by atoms with Crippen molar-refractivity contribution in [3.05, 3.63) is 66.1 Å². The van der Waals surface area contributed by atoms with Crippen LogP contribution in [0.3, 0.4) is 0 Å². The lowest BCUT2D eigenvalue weighted by Crippen LogP contribution is -2.39. The highest BCUT2D eigenvalue weighted by atomic mass is 32.2. The molecule has 1 unspecified atom stereocenters. The van der Waals surface area contributed by atoms with E-state index in [1.807, 2.05) is 42.5 Å². The summed E-state index contributed by atoms with van der Waals surface area (Å²) in [6.07, 6.45) is 3.42. The predicted octanol–water partition coefficient (Wildman–Crippen LogP) is 2.43. The molecule has 0 fully saturated rings. The van der Waals surface area contributed by atoms with Gasteiger partial charge in [0.25, 0.3) is 0 Å². The lowest BCUT2D eigenvalue weighted by Gasteiger charge is -2.24. The van der Waals surface area contributed by atoms with E-state index >= 15 is 0 Å². The average Bonchev–Trinajstić information content (AvgIpc) is 2.95. The average molecular weight is 321 g/mol. The normalized spacial score (nSPS) is 19.5. The standard InChI is InChI=1S/C17H15N5S/c18-15-13-14(21-16(22-15)11-6-8-20-9-7-11)17(19,10-23-13)12-4-2-1-3-5-12/h1-9H,10,19H2,(H2,18,21,22). The number of anilines is 1. The molecule has 0 spiro atoms. The monoisotopic (exact) mass is 321 g/mol. The summed E-state index contributed by atoms with van der Waals surface area (Å²) in [5, 5.41) is 0. The summed E-state index contributed by atoms with van der Waals surface area (Å²) < 4.78 is 0. The van der Waals surface area contributed by atoms with Crippen LogP contribution in [0, 0.1) is 0 Å². The first-order valence-corrected chi connectivity index (χ1v) is 8.22. The second-order valence-corrected chi connectivity index (χ2v) is 6.46. The van der Waals surface area contributed by atoms with Gasteiger partial charge in [-0.05, 0) is 17.7 Å². The van der Waals surface area contributed by atoms with Crippen LogP contribution in [0.1, 0.15) is 11.3 Å². The predicted molar refractivity (Wildman–Crippen MR) is 91.8 cm³/mol. The fourth-order valence-corrected chi connectivity index (χ4v) is 3.99. The number of hydrogen-bond donors (Lipinski definition) is 2. The third-order valence-electron chi connectivity index (χ3n) is 3.99. The van der Waals surface area contributed by atoms with Crippen LogP contribution in [-0.2, 0) is 5.54 Å². The van der Waals surface area contributed by atoms with Crippen molar-refractivity contribution in [3.8, 4) is 11.4 Å². The molecule has 1 aliphatic rings. The Morgan fingerprint density at radius 3 is 2.48 bits per heavy atom. The molecule has 0 amide bonds. The van der Waals surface area contributed by atoms with Gasteiger partial charge in [-0.2, -0.15) is 0 Å². The molecule has 1 aromatic carbocycles. The van der Waals surface area contributed by atoms with Crippen LogP contribution in [0.5, 0.6) is 0 Å². The number of fused-ring (bicyclic) bond motifs is 1. The van der Waals surface area contributed by atoms with Crippen LogP contribution in [-0.4, -0.2) is 20.7 Å². The number of aromatic nitrogens is 3. The largest absolute Gasteiger partial charge is 0.383 e. The smallest absolute Gasteiger partial charge is 0.162 e. The zero-order valence-electron chi connectivity index (χ0n) is 12.3. The van der Waals surface area contributed by atoms with Crippen molar-refractivity contribution in [3.63, 3.8) is 0 Å². The Balaban J connectivity index is 1.90. The van der Waals surface area contributed by atoms with E-state index in [0.717, 1.165) is 21.7 Å². The minimum atomic E-state index is -0.653. The number of nitrogens with two attached hydrogens (primary N) is 2. The van der Waals surface area contributed by atoms with Gasteiger partial charge in [-0.15, -0.1) is 11.8 Å². The van der Waals surface area contributed by atoms with E-state index in [4.69, 9.17) is 16.5 Å². The summed E-state index contributed by atoms with van der Waals surface area (Å²) >= 11 is 1.61. The molecule has 5 nitrogen and oxygen atoms in total. The minimum absolute atomic E-state index is 0.482. The van der Waals surface area contributed by atoms with Gasteiger partial charge in [0.15, 0.2) is 5.82 Å². The number of benzene rings is 1. The number of pyridine rings is 1. The molecule has 0 radical (unpaired) electrons. The Bertz CT molecular complexity index is 854. The number of thioether (sulfide) groups is 1. The van der Waals surface area contributed by atoms with Crippen LogP contribution in [0.4, 0.5) is 5.82 Å². The van der Waals surface area contributed by atoms with E-state index in [2.05, 4.69) is 9.97 Å². The Morgan fingerprint density at radius 1 is 1.00 bits per heavy atom. The summed E-state index contributed by atoms with van der Waals surface area (Å²) in [4.78, 5) is 14.1. The van der Waals surface area contributed by atoms with Gasteiger partial charge in [-0.25, -0.2) is 9.97 Å². The maximum atomic E-state index is 6.73. The molecule has 0 saturated carbocycles. The van der Waals surface area contributed by atoms with E-state index in [9.17, 15) is 0 Å². The Labute approximate surface area is 138 Å². The first-order valence-electron chi connectivity index (χ1n) is 7.24. The summed E-state index contributed by atoms with van der Waals surface area (Å²) in [6.45, 7) is 0. The third kappa shape index (κ3) is 2.27. The van der Waals surface area contributed by atoms with Gasteiger partial charge in [0, 0.05) is 23.7 Å². The molecule has 3 heterocycles. The van der Waals surface area contributed by atoms with Crippen molar-refractivity contribution in [2.45, 2.75) is 10.4 Å². The summed E-state index contributed by atoms with van der Waals surface area (Å²) in [6, 6.07) is 13.7. The van der Waals surface area contributed by atoms with Crippen molar-refractivity contribution in [2.75, 3.05) is 11.5 Å². The van der Waals surface area contributed by atoms with Crippen LogP contribution >= 0.6 is 11.8 Å². The highest BCUT2D eigenvalue weighted by Crippen LogP contribution is 2.46. The molecule has 4 rings (SSSR count). The van der Waals surface area contributed by atoms with Gasteiger partial charge in [0.1, 0.15) is 5.82 Å². The molecule has 0 aliphatic carbocycles. The molecular formula is C17H15N5S. The first kappa shape index (κ1) is 14.2. The van der Waals surface area contributed by atoms with E-state index < -0.39 is 5.54 Å². The van der Waals surface area contributed by atoms with Gasteiger partial charge in [0.05, 0.1) is 16.1 Å². The first-order chi connectivity index (χ1) is 11.2. The van der Waals surface area contributed by atoms with Crippen molar-refractivity contribution < 1.29 is 0 Å². The van der Waals surface area contributed by atoms with Gasteiger partial charge in [0.2, 0.25) is 0 Å². The molecule has 1 aliphatic heterocycles. The van der Waals surface area contributed by atoms with Crippen LogP contribution in [0.25, 0.3) is 11.4 Å². The molecule has 0 saturated heterocycles. The minimum Gasteiger partial charge on any atom is -0.383 e. The molecule has 1 atom stereocenters. The summed E-state index contributed by atoms with van der Waals surface area (Å²) in [7, 11) is 0. The molecule has 6 heteroatoms. The van der Waals surface area contributed by atoms with Gasteiger partial charge in [-0.3, -0.25) is 4.98 Å². The number of rotatable bonds is 2. The SMILES string of the molecule is Nc1nc(-c2ccncc2)nc2c1SCC2(N)c1ccccc1. The molecule has 3 aromatic rings. The lowest BCUT2D eigenvalue weighted by atomic mass is 9.89. The molecule has 114 valence electrons. The summed E-state index contributed by atoms with van der Waals surface area (Å²) in [5.41, 5.74) is 15.0. The number of nitrogen functional groups attached to an aromatic ring is 1. The van der Waals surface area contributed by atoms with Gasteiger partial charge < -0.3 is 11.5 Å². The highest BCUT2D eigenvalue weighted by Gasteiger charge is 2.41. The Kier molecular flexibility index (Phi) is 3.28. The van der Waals surface area contributed by atoms with Gasteiger partial charge in [-0.1, -0.05) is 30.3 Å².